The van der Waals surface area contributed by atoms with Gasteiger partial charge in [0.15, 0.2) is 6.54 Å². The van der Waals surface area contributed by atoms with Crippen molar-refractivity contribution in [1.82, 2.24) is 5.32 Å². The summed E-state index contributed by atoms with van der Waals surface area (Å²) in [4.78, 5) is 15.9. The van der Waals surface area contributed by atoms with E-state index >= 15 is 0 Å². The molecule has 4 nitrogen and oxygen atoms in total. The van der Waals surface area contributed by atoms with Crippen molar-refractivity contribution in [3.63, 3.8) is 0 Å². The van der Waals surface area contributed by atoms with Gasteiger partial charge in [-0.05, 0) is 31.4 Å². The highest BCUT2D eigenvalue weighted by atomic mass is 16.2. The van der Waals surface area contributed by atoms with Crippen molar-refractivity contribution in [3.05, 3.63) is 29.8 Å². The summed E-state index contributed by atoms with van der Waals surface area (Å²) in [6, 6.07) is 8.88. The van der Waals surface area contributed by atoms with Crippen molar-refractivity contribution in [2.45, 2.75) is 39.7 Å². The van der Waals surface area contributed by atoms with Crippen molar-refractivity contribution in [1.29, 1.82) is 0 Å². The molecule has 1 saturated heterocycles. The second kappa shape index (κ2) is 8.18. The molecule has 1 fully saturated rings. The van der Waals surface area contributed by atoms with Gasteiger partial charge in [0.2, 0.25) is 0 Å². The number of piperazine rings is 1. The van der Waals surface area contributed by atoms with E-state index in [1.54, 1.807) is 0 Å². The first kappa shape index (κ1) is 16.8. The molecule has 1 aromatic rings. The van der Waals surface area contributed by atoms with Crippen LogP contribution >= 0.6 is 0 Å². The Hall–Kier alpha value is -1.55. The van der Waals surface area contributed by atoms with Gasteiger partial charge in [0.05, 0.1) is 26.2 Å². The second-order valence-electron chi connectivity index (χ2n) is 6.28. The number of carbonyl (C=O) groups is 1. The number of carbonyl (C=O) groups excluding carboxylic acids is 1. The predicted octanol–water partition coefficient (Wildman–Crippen LogP) is 1.00. The van der Waals surface area contributed by atoms with Gasteiger partial charge in [-0.3, -0.25) is 4.79 Å². The van der Waals surface area contributed by atoms with Crippen molar-refractivity contribution < 1.29 is 9.69 Å². The average molecular weight is 304 g/mol. The molecule has 1 aliphatic rings. The summed E-state index contributed by atoms with van der Waals surface area (Å²) in [5.41, 5.74) is 2.67. The summed E-state index contributed by atoms with van der Waals surface area (Å²) in [5, 5.41) is 3.14. The number of rotatable bonds is 6. The maximum atomic E-state index is 12.1. The lowest BCUT2D eigenvalue weighted by molar-refractivity contribution is -0.892. The highest BCUT2D eigenvalue weighted by molar-refractivity contribution is 5.77. The van der Waals surface area contributed by atoms with Crippen LogP contribution in [0.15, 0.2) is 24.3 Å². The third kappa shape index (κ3) is 4.47. The molecule has 1 aliphatic heterocycles. The maximum absolute atomic E-state index is 12.1. The molecule has 2 N–H and O–H groups in total. The van der Waals surface area contributed by atoms with Crippen LogP contribution in [0.2, 0.25) is 0 Å². The van der Waals surface area contributed by atoms with E-state index < -0.39 is 0 Å². The zero-order valence-electron chi connectivity index (χ0n) is 14.2. The fraction of sp³-hybridized carbons (Fsp3) is 0.611. The van der Waals surface area contributed by atoms with E-state index in [1.807, 2.05) is 0 Å². The Labute approximate surface area is 134 Å². The largest absolute Gasteiger partial charge is 0.360 e. The molecule has 4 heteroatoms. The smallest absolute Gasteiger partial charge is 0.275 e. The van der Waals surface area contributed by atoms with Gasteiger partial charge in [0.25, 0.3) is 5.91 Å². The van der Waals surface area contributed by atoms with E-state index in [9.17, 15) is 4.79 Å². The Bertz CT molecular complexity index is 477. The van der Waals surface area contributed by atoms with Crippen molar-refractivity contribution in [2.75, 3.05) is 37.6 Å². The molecule has 0 unspecified atom stereocenters. The summed E-state index contributed by atoms with van der Waals surface area (Å²) in [6.45, 7) is 11.1. The van der Waals surface area contributed by atoms with E-state index in [-0.39, 0.29) is 5.91 Å². The SMILES string of the molecule is CCC(CC)NC(=O)C[NH+]1CCN(c2ccccc2C)CC1. The number of benzene rings is 1. The quantitative estimate of drug-likeness (QED) is 0.823. The molecule has 2 rings (SSSR count). The Morgan fingerprint density at radius 3 is 2.45 bits per heavy atom. The number of aryl methyl sites for hydroxylation is 1. The molecule has 1 heterocycles. The zero-order valence-corrected chi connectivity index (χ0v) is 14.2. The fourth-order valence-electron chi connectivity index (χ4n) is 3.16. The molecule has 0 saturated carbocycles. The number of anilines is 1. The van der Waals surface area contributed by atoms with Crippen molar-refractivity contribution in [2.24, 2.45) is 0 Å². The number of nitrogens with zero attached hydrogens (tertiary/aromatic N) is 1. The van der Waals surface area contributed by atoms with Gasteiger partial charge in [0.1, 0.15) is 0 Å². The van der Waals surface area contributed by atoms with Crippen LogP contribution in [0.1, 0.15) is 32.3 Å². The second-order valence-corrected chi connectivity index (χ2v) is 6.28. The number of hydrogen-bond acceptors (Lipinski definition) is 2. The highest BCUT2D eigenvalue weighted by Gasteiger charge is 2.23. The lowest BCUT2D eigenvalue weighted by atomic mass is 10.1. The first-order valence-corrected chi connectivity index (χ1v) is 8.57. The molecule has 0 radical (unpaired) electrons. The van der Waals surface area contributed by atoms with E-state index in [0.717, 1.165) is 39.0 Å². The van der Waals surface area contributed by atoms with Gasteiger partial charge >= 0.3 is 0 Å². The van der Waals surface area contributed by atoms with Crippen LogP contribution in [0.3, 0.4) is 0 Å². The Balaban J connectivity index is 1.80. The monoisotopic (exact) mass is 304 g/mol. The normalized spacial score (nSPS) is 16.1. The summed E-state index contributed by atoms with van der Waals surface area (Å²) in [7, 11) is 0. The van der Waals surface area contributed by atoms with Crippen LogP contribution in [0.5, 0.6) is 0 Å². The van der Waals surface area contributed by atoms with Gasteiger partial charge < -0.3 is 15.1 Å². The minimum absolute atomic E-state index is 0.202. The summed E-state index contributed by atoms with van der Waals surface area (Å²) in [6.07, 6.45) is 2.03. The minimum atomic E-state index is 0.202. The molecule has 0 atom stereocenters. The molecule has 22 heavy (non-hydrogen) atoms. The lowest BCUT2D eigenvalue weighted by Crippen LogP contribution is -3.16. The molecule has 0 aromatic heterocycles. The molecule has 1 amide bonds. The highest BCUT2D eigenvalue weighted by Crippen LogP contribution is 2.18. The minimum Gasteiger partial charge on any atom is -0.360 e. The molecular weight excluding hydrogens is 274 g/mol. The summed E-state index contributed by atoms with van der Waals surface area (Å²) >= 11 is 0. The molecule has 0 aliphatic carbocycles. The van der Waals surface area contributed by atoms with Crippen molar-refractivity contribution >= 4 is 11.6 Å². The summed E-state index contributed by atoms with van der Waals surface area (Å²) in [5.74, 6) is 0.202. The topological polar surface area (TPSA) is 36.8 Å². The number of hydrogen-bond donors (Lipinski definition) is 2. The molecule has 0 bridgehead atoms. The number of quaternary nitrogens is 1. The van der Waals surface area contributed by atoms with Gasteiger partial charge in [-0.2, -0.15) is 0 Å². The molecule has 122 valence electrons. The number of nitrogens with one attached hydrogen (secondary N) is 2. The average Bonchev–Trinajstić information content (AvgIpc) is 2.54. The Morgan fingerprint density at radius 2 is 1.86 bits per heavy atom. The Kier molecular flexibility index (Phi) is 6.25. The van der Waals surface area contributed by atoms with E-state index in [2.05, 4.69) is 55.3 Å². The van der Waals surface area contributed by atoms with Crippen LogP contribution in [-0.2, 0) is 4.79 Å². The third-order valence-corrected chi connectivity index (χ3v) is 4.69. The molecule has 0 spiro atoms. The first-order chi connectivity index (χ1) is 10.6. The van der Waals surface area contributed by atoms with Gasteiger partial charge in [-0.1, -0.05) is 32.0 Å². The first-order valence-electron chi connectivity index (χ1n) is 8.57. The number of amides is 1. The molecular formula is C18H30N3O+. The van der Waals surface area contributed by atoms with E-state index in [1.165, 1.54) is 16.2 Å². The number of para-hydroxylation sites is 1. The maximum Gasteiger partial charge on any atom is 0.275 e. The van der Waals surface area contributed by atoms with Crippen LogP contribution in [0.4, 0.5) is 5.69 Å². The van der Waals surface area contributed by atoms with E-state index in [0.29, 0.717) is 12.6 Å². The van der Waals surface area contributed by atoms with Gasteiger partial charge in [0, 0.05) is 11.7 Å². The van der Waals surface area contributed by atoms with Crippen LogP contribution in [-0.4, -0.2) is 44.7 Å². The fourth-order valence-corrected chi connectivity index (χ4v) is 3.16. The van der Waals surface area contributed by atoms with Crippen LogP contribution in [0, 0.1) is 6.92 Å². The standard InChI is InChI=1S/C18H29N3O/c1-4-16(5-2)19-18(22)14-20-10-12-21(13-11-20)17-9-7-6-8-15(17)3/h6-9,16H,4-5,10-14H2,1-3H3,(H,19,22)/p+1. The third-order valence-electron chi connectivity index (χ3n) is 4.69. The van der Waals surface area contributed by atoms with Crippen LogP contribution < -0.4 is 15.1 Å². The van der Waals surface area contributed by atoms with Crippen molar-refractivity contribution in [3.8, 4) is 0 Å². The lowest BCUT2D eigenvalue weighted by Gasteiger charge is -2.34. The zero-order chi connectivity index (χ0) is 15.9. The predicted molar refractivity (Wildman–Crippen MR) is 91.5 cm³/mol. The Morgan fingerprint density at radius 1 is 1.23 bits per heavy atom. The van der Waals surface area contributed by atoms with Gasteiger partial charge in [-0.15, -0.1) is 0 Å². The molecule has 1 aromatic carbocycles. The summed E-state index contributed by atoms with van der Waals surface area (Å²) < 4.78 is 0. The van der Waals surface area contributed by atoms with Gasteiger partial charge in [-0.25, -0.2) is 0 Å². The van der Waals surface area contributed by atoms with E-state index in [4.69, 9.17) is 0 Å². The van der Waals surface area contributed by atoms with Crippen LogP contribution in [0.25, 0.3) is 0 Å².